The van der Waals surface area contributed by atoms with E-state index in [2.05, 4.69) is 25.9 Å². The number of nitrogens with one attached hydrogen (secondary N) is 3. The van der Waals surface area contributed by atoms with Crippen LogP contribution in [0, 0.1) is 13.8 Å². The fourth-order valence-electron chi connectivity index (χ4n) is 2.65. The minimum absolute atomic E-state index is 0.0786. The van der Waals surface area contributed by atoms with Crippen molar-refractivity contribution in [3.63, 3.8) is 0 Å². The lowest BCUT2D eigenvalue weighted by Gasteiger charge is -2.08. The average molecular weight is 378 g/mol. The summed E-state index contributed by atoms with van der Waals surface area (Å²) < 4.78 is 0. The van der Waals surface area contributed by atoms with Gasteiger partial charge < -0.3 is 16.4 Å². The smallest absolute Gasteiger partial charge is 0.252 e. The maximum absolute atomic E-state index is 12.2. The number of guanidine groups is 2. The zero-order chi connectivity index (χ0) is 20.1. The van der Waals surface area contributed by atoms with Crippen LogP contribution in [0.3, 0.4) is 0 Å². The summed E-state index contributed by atoms with van der Waals surface area (Å²) in [6.07, 6.45) is -0.0796. The number of aliphatic imine (C=N–C) groups is 2. The molecule has 8 nitrogen and oxygen atoms in total. The third-order valence-electron chi connectivity index (χ3n) is 4.26. The van der Waals surface area contributed by atoms with E-state index < -0.39 is 6.04 Å². The summed E-state index contributed by atoms with van der Waals surface area (Å²) in [5.41, 5.74) is 9.50. The second-order valence-corrected chi connectivity index (χ2v) is 6.50. The molecule has 0 radical (unpaired) electrons. The summed E-state index contributed by atoms with van der Waals surface area (Å²) in [7, 11) is 0. The van der Waals surface area contributed by atoms with Gasteiger partial charge in [0.25, 0.3) is 5.91 Å². The second-order valence-electron chi connectivity index (χ2n) is 6.50. The molecule has 2 amide bonds. The highest BCUT2D eigenvalue weighted by atomic mass is 16.2. The van der Waals surface area contributed by atoms with Crippen LogP contribution < -0.4 is 21.7 Å². The van der Waals surface area contributed by atoms with Crippen molar-refractivity contribution in [1.29, 1.82) is 0 Å². The van der Waals surface area contributed by atoms with Crippen LogP contribution in [-0.4, -0.2) is 29.8 Å². The molecule has 0 saturated heterocycles. The molecule has 3 rings (SSSR count). The Labute approximate surface area is 163 Å². The maximum atomic E-state index is 12.2. The molecule has 8 heteroatoms. The summed E-state index contributed by atoms with van der Waals surface area (Å²) in [6, 6.07) is 14.1. The predicted octanol–water partition coefficient (Wildman–Crippen LogP) is 1.91. The Morgan fingerprint density at radius 3 is 2.57 bits per heavy atom. The first-order valence-electron chi connectivity index (χ1n) is 8.83. The lowest BCUT2D eigenvalue weighted by molar-refractivity contribution is -0.123. The molecule has 5 N–H and O–H groups in total. The summed E-state index contributed by atoms with van der Waals surface area (Å²) >= 11 is 0. The van der Waals surface area contributed by atoms with Crippen molar-refractivity contribution >= 4 is 35.1 Å². The molecular weight excluding hydrogens is 356 g/mol. The lowest BCUT2D eigenvalue weighted by atomic mass is 10.1. The Morgan fingerprint density at radius 1 is 1.11 bits per heavy atom. The normalized spacial score (nSPS) is 16.4. The number of benzene rings is 2. The van der Waals surface area contributed by atoms with E-state index in [9.17, 15) is 9.59 Å². The van der Waals surface area contributed by atoms with Crippen molar-refractivity contribution in [2.45, 2.75) is 26.3 Å². The third-order valence-corrected chi connectivity index (χ3v) is 4.26. The molecule has 1 heterocycles. The highest BCUT2D eigenvalue weighted by Crippen LogP contribution is 2.15. The summed E-state index contributed by atoms with van der Waals surface area (Å²) in [6.45, 7) is 3.97. The molecule has 1 aliphatic heterocycles. The third kappa shape index (κ3) is 4.94. The fourth-order valence-corrected chi connectivity index (χ4v) is 2.65. The van der Waals surface area contributed by atoms with Crippen LogP contribution in [0.2, 0.25) is 0 Å². The number of hydrogen-bond donors (Lipinski definition) is 4. The maximum Gasteiger partial charge on any atom is 0.252 e. The molecule has 28 heavy (non-hydrogen) atoms. The van der Waals surface area contributed by atoms with Gasteiger partial charge in [0.15, 0.2) is 0 Å². The fraction of sp³-hybridized carbons (Fsp3) is 0.200. The molecule has 2 aromatic rings. The van der Waals surface area contributed by atoms with Gasteiger partial charge in [0.2, 0.25) is 17.8 Å². The van der Waals surface area contributed by atoms with E-state index >= 15 is 0 Å². The molecule has 0 spiro atoms. The quantitative estimate of drug-likeness (QED) is 0.480. The Morgan fingerprint density at radius 2 is 1.86 bits per heavy atom. The highest BCUT2D eigenvalue weighted by molar-refractivity contribution is 6.11. The molecule has 0 saturated carbocycles. The molecule has 0 fully saturated rings. The summed E-state index contributed by atoms with van der Waals surface area (Å²) in [5, 5.41) is 8.21. The van der Waals surface area contributed by atoms with E-state index in [1.54, 1.807) is 0 Å². The number of carbonyl (C=O) groups is 2. The number of aryl methyl sites for hydroxylation is 2. The highest BCUT2D eigenvalue weighted by Gasteiger charge is 2.28. The van der Waals surface area contributed by atoms with Gasteiger partial charge in [0.05, 0.1) is 6.42 Å². The van der Waals surface area contributed by atoms with Gasteiger partial charge in [0, 0.05) is 11.4 Å². The van der Waals surface area contributed by atoms with Gasteiger partial charge in [-0.2, -0.15) is 4.99 Å². The van der Waals surface area contributed by atoms with Gasteiger partial charge in [-0.1, -0.05) is 24.3 Å². The van der Waals surface area contributed by atoms with Crippen molar-refractivity contribution in [2.75, 3.05) is 10.6 Å². The SMILES string of the molecule is Cc1ccc(NC(=O)CC2N=C(/N=C(\N)Nc3ccccc3)NC2=O)cc1C. The molecule has 2 aromatic carbocycles. The van der Waals surface area contributed by atoms with E-state index in [-0.39, 0.29) is 30.2 Å². The van der Waals surface area contributed by atoms with Crippen LogP contribution in [0.15, 0.2) is 58.5 Å². The standard InChI is InChI=1S/C20H22N6O2/c1-12-8-9-15(10-13(12)2)22-17(27)11-16-18(28)25-20(24-16)26-19(21)23-14-6-4-3-5-7-14/h3-10,16H,11H2,1-2H3,(H,22,27)(H4,21,23,24,25,26,28). The van der Waals surface area contributed by atoms with Gasteiger partial charge in [-0.15, -0.1) is 0 Å². The minimum atomic E-state index is -0.838. The summed E-state index contributed by atoms with van der Waals surface area (Å²) in [5.74, 6) is -0.519. The Hall–Kier alpha value is -3.68. The number of para-hydroxylation sites is 1. The first-order valence-corrected chi connectivity index (χ1v) is 8.83. The van der Waals surface area contributed by atoms with Crippen LogP contribution in [-0.2, 0) is 9.59 Å². The molecule has 0 aromatic heterocycles. The molecule has 1 unspecified atom stereocenters. The Bertz CT molecular complexity index is 952. The molecule has 0 bridgehead atoms. The number of amides is 2. The van der Waals surface area contributed by atoms with E-state index in [1.807, 2.05) is 62.4 Å². The first kappa shape index (κ1) is 19.1. The van der Waals surface area contributed by atoms with Crippen LogP contribution >= 0.6 is 0 Å². The first-order chi connectivity index (χ1) is 13.4. The zero-order valence-electron chi connectivity index (χ0n) is 15.7. The Balaban J connectivity index is 1.60. The van der Waals surface area contributed by atoms with Crippen LogP contribution in [0.4, 0.5) is 11.4 Å². The largest absolute Gasteiger partial charge is 0.369 e. The predicted molar refractivity (Wildman–Crippen MR) is 110 cm³/mol. The lowest BCUT2D eigenvalue weighted by Crippen LogP contribution is -2.32. The number of carbonyl (C=O) groups excluding carboxylic acids is 2. The average Bonchev–Trinajstić information content (AvgIpc) is 2.97. The monoisotopic (exact) mass is 378 g/mol. The van der Waals surface area contributed by atoms with Crippen molar-refractivity contribution in [3.05, 3.63) is 59.7 Å². The topological polar surface area (TPSA) is 121 Å². The van der Waals surface area contributed by atoms with E-state index in [4.69, 9.17) is 5.73 Å². The van der Waals surface area contributed by atoms with E-state index in [1.165, 1.54) is 0 Å². The van der Waals surface area contributed by atoms with Gasteiger partial charge in [-0.25, -0.2) is 4.99 Å². The van der Waals surface area contributed by atoms with E-state index in [0.717, 1.165) is 16.8 Å². The number of rotatable bonds is 4. The van der Waals surface area contributed by atoms with Crippen molar-refractivity contribution in [3.8, 4) is 0 Å². The molecule has 1 aliphatic rings. The molecular formula is C20H22N6O2. The van der Waals surface area contributed by atoms with Gasteiger partial charge in [0.1, 0.15) is 6.04 Å². The van der Waals surface area contributed by atoms with Crippen molar-refractivity contribution in [1.82, 2.24) is 5.32 Å². The second kappa shape index (κ2) is 8.34. The number of nitrogens with zero attached hydrogens (tertiary/aromatic N) is 2. The van der Waals surface area contributed by atoms with E-state index in [0.29, 0.717) is 5.69 Å². The minimum Gasteiger partial charge on any atom is -0.369 e. The zero-order valence-corrected chi connectivity index (χ0v) is 15.7. The van der Waals surface area contributed by atoms with Gasteiger partial charge >= 0.3 is 0 Å². The number of nitrogens with two attached hydrogens (primary N) is 1. The van der Waals surface area contributed by atoms with Gasteiger partial charge in [-0.05, 0) is 49.2 Å². The Kier molecular flexibility index (Phi) is 5.69. The van der Waals surface area contributed by atoms with Crippen LogP contribution in [0.25, 0.3) is 0 Å². The van der Waals surface area contributed by atoms with Gasteiger partial charge in [-0.3, -0.25) is 14.9 Å². The molecule has 0 aliphatic carbocycles. The number of hydrogen-bond acceptors (Lipinski definition) is 4. The van der Waals surface area contributed by atoms with Crippen LogP contribution in [0.1, 0.15) is 17.5 Å². The summed E-state index contributed by atoms with van der Waals surface area (Å²) in [4.78, 5) is 32.5. The van der Waals surface area contributed by atoms with Crippen molar-refractivity contribution < 1.29 is 9.59 Å². The van der Waals surface area contributed by atoms with Crippen molar-refractivity contribution in [2.24, 2.45) is 15.7 Å². The number of anilines is 2. The molecule has 1 atom stereocenters. The van der Waals surface area contributed by atoms with Crippen LogP contribution in [0.5, 0.6) is 0 Å². The molecule has 144 valence electrons.